The molecule has 2 aromatic rings. The summed E-state index contributed by atoms with van der Waals surface area (Å²) in [5.41, 5.74) is 0.109. The van der Waals surface area contributed by atoms with Crippen LogP contribution >= 0.6 is 0 Å². The lowest BCUT2D eigenvalue weighted by molar-refractivity contribution is 0.0696. The monoisotopic (exact) mass is 191 g/mol. The molecule has 2 rings (SSSR count). The van der Waals surface area contributed by atoms with Gasteiger partial charge in [-0.3, -0.25) is 0 Å². The molecule has 2 heterocycles. The van der Waals surface area contributed by atoms with Gasteiger partial charge in [-0.05, 0) is 0 Å². The second-order valence-corrected chi connectivity index (χ2v) is 2.14. The van der Waals surface area contributed by atoms with Crippen molar-refractivity contribution in [2.75, 3.05) is 0 Å². The van der Waals surface area contributed by atoms with E-state index >= 15 is 0 Å². The zero-order valence-corrected chi connectivity index (χ0v) is 7.11. The molecule has 0 spiro atoms. The predicted molar refractivity (Wildman–Crippen MR) is 46.5 cm³/mol. The third-order valence-corrected chi connectivity index (χ3v) is 1.18. The van der Waals surface area contributed by atoms with Crippen LogP contribution in [0.2, 0.25) is 0 Å². The van der Waals surface area contributed by atoms with Crippen LogP contribution in [0.1, 0.15) is 10.4 Å². The quantitative estimate of drug-likeness (QED) is 0.693. The van der Waals surface area contributed by atoms with Crippen LogP contribution in [0.25, 0.3) is 0 Å². The molecule has 0 aliphatic carbocycles. The van der Waals surface area contributed by atoms with Crippen LogP contribution in [0.15, 0.2) is 37.4 Å². The number of aromatic nitrogens is 4. The van der Waals surface area contributed by atoms with Crippen LogP contribution in [-0.2, 0) is 0 Å². The van der Waals surface area contributed by atoms with Crippen LogP contribution in [0.4, 0.5) is 0 Å². The Morgan fingerprint density at radius 2 is 2.00 bits per heavy atom. The Morgan fingerprint density at radius 1 is 1.29 bits per heavy atom. The highest BCUT2D eigenvalue weighted by molar-refractivity contribution is 5.86. The summed E-state index contributed by atoms with van der Waals surface area (Å²) in [5, 5.41) is 8.30. The van der Waals surface area contributed by atoms with Gasteiger partial charge in [0.2, 0.25) is 0 Å². The van der Waals surface area contributed by atoms with E-state index < -0.39 is 5.97 Å². The van der Waals surface area contributed by atoms with Gasteiger partial charge >= 0.3 is 5.97 Å². The van der Waals surface area contributed by atoms with E-state index in [9.17, 15) is 4.79 Å². The minimum Gasteiger partial charge on any atom is -0.478 e. The third kappa shape index (κ3) is 3.44. The summed E-state index contributed by atoms with van der Waals surface area (Å²) in [5.74, 6) is -1.00. The predicted octanol–water partition coefficient (Wildman–Crippen LogP) is 0.214. The zero-order valence-electron chi connectivity index (χ0n) is 7.11. The molecule has 0 radical (unpaired) electrons. The van der Waals surface area contributed by atoms with E-state index in [1.165, 1.54) is 25.0 Å². The van der Waals surface area contributed by atoms with Gasteiger partial charge in [-0.15, -0.1) is 0 Å². The maximum atomic E-state index is 10.1. The second-order valence-electron chi connectivity index (χ2n) is 2.14. The molecule has 72 valence electrons. The second kappa shape index (κ2) is 5.41. The number of imidazole rings is 1. The standard InChI is InChI=1S/C5H4N2O2.C3H3N2/c8-5(9)4-1-6-3-7-2-4;1-2-5-3-4-1/h1-3H,(H,8,9);1-3H/q;-1. The highest BCUT2D eigenvalue weighted by Gasteiger charge is 1.98. The van der Waals surface area contributed by atoms with Crippen LogP contribution < -0.4 is 4.98 Å². The summed E-state index contributed by atoms with van der Waals surface area (Å²) in [4.78, 5) is 24.4. The Hall–Kier alpha value is -2.24. The largest absolute Gasteiger partial charge is 0.478 e. The molecule has 0 aromatic carbocycles. The molecule has 0 bridgehead atoms. The average Bonchev–Trinajstić information content (AvgIpc) is 2.77. The number of hydrogen-bond acceptors (Lipinski definition) is 4. The van der Waals surface area contributed by atoms with Gasteiger partial charge in [-0.25, -0.2) is 14.8 Å². The van der Waals surface area contributed by atoms with Gasteiger partial charge in [0.1, 0.15) is 6.33 Å². The summed E-state index contributed by atoms with van der Waals surface area (Å²) >= 11 is 0. The highest BCUT2D eigenvalue weighted by Crippen LogP contribution is 1.89. The lowest BCUT2D eigenvalue weighted by Crippen LogP contribution is -1.96. The number of carbonyl (C=O) groups is 1. The van der Waals surface area contributed by atoms with Gasteiger partial charge in [-0.2, -0.15) is 0 Å². The fourth-order valence-corrected chi connectivity index (χ4v) is 0.602. The molecule has 1 N–H and O–H groups in total. The molecular weight excluding hydrogens is 184 g/mol. The van der Waals surface area contributed by atoms with Crippen molar-refractivity contribution in [3.05, 3.63) is 43.0 Å². The van der Waals surface area contributed by atoms with E-state index in [1.807, 2.05) is 0 Å². The molecule has 0 atom stereocenters. The number of carboxylic acids is 1. The Balaban J connectivity index is 0.000000165. The first-order valence-corrected chi connectivity index (χ1v) is 3.65. The number of nitrogens with zero attached hydrogens (tertiary/aromatic N) is 4. The van der Waals surface area contributed by atoms with Crippen molar-refractivity contribution in [1.82, 2.24) is 19.9 Å². The van der Waals surface area contributed by atoms with Crippen LogP contribution in [0.5, 0.6) is 0 Å². The van der Waals surface area contributed by atoms with E-state index in [4.69, 9.17) is 5.11 Å². The Labute approximate surface area is 79.7 Å². The summed E-state index contributed by atoms with van der Waals surface area (Å²) in [6.45, 7) is 0. The zero-order chi connectivity index (χ0) is 10.2. The molecule has 6 nitrogen and oxygen atoms in total. The fourth-order valence-electron chi connectivity index (χ4n) is 0.602. The lowest BCUT2D eigenvalue weighted by Gasteiger charge is -1.86. The summed E-state index contributed by atoms with van der Waals surface area (Å²) in [6.07, 6.45) is 8.55. The molecule has 6 heteroatoms. The topological polar surface area (TPSA) is 90.1 Å². The number of rotatable bonds is 1. The molecule has 14 heavy (non-hydrogen) atoms. The highest BCUT2D eigenvalue weighted by atomic mass is 16.4. The first-order valence-electron chi connectivity index (χ1n) is 3.65. The maximum Gasteiger partial charge on any atom is 0.338 e. The first-order chi connectivity index (χ1) is 6.80. The minimum atomic E-state index is -1.00. The molecule has 0 saturated heterocycles. The van der Waals surface area contributed by atoms with Crippen molar-refractivity contribution in [3.63, 3.8) is 0 Å². The molecule has 2 aromatic heterocycles. The number of aromatic carboxylic acids is 1. The van der Waals surface area contributed by atoms with Gasteiger partial charge in [-0.1, -0.05) is 18.7 Å². The lowest BCUT2D eigenvalue weighted by atomic mass is 10.4. The summed E-state index contributed by atoms with van der Waals surface area (Å²) in [7, 11) is 0. The normalized spacial score (nSPS) is 8.57. The third-order valence-electron chi connectivity index (χ3n) is 1.18. The van der Waals surface area contributed by atoms with Crippen molar-refractivity contribution in [2.45, 2.75) is 0 Å². The van der Waals surface area contributed by atoms with E-state index in [0.717, 1.165) is 0 Å². The first kappa shape index (κ1) is 9.85. The smallest absolute Gasteiger partial charge is 0.338 e. The molecular formula is C8H7N4O2-. The Kier molecular flexibility index (Phi) is 3.81. The maximum absolute atomic E-state index is 10.1. The Morgan fingerprint density at radius 3 is 2.29 bits per heavy atom. The van der Waals surface area contributed by atoms with Crippen molar-refractivity contribution in [1.29, 1.82) is 0 Å². The van der Waals surface area contributed by atoms with E-state index in [1.54, 1.807) is 12.4 Å². The van der Waals surface area contributed by atoms with Crippen molar-refractivity contribution >= 4 is 5.97 Å². The van der Waals surface area contributed by atoms with E-state index in [-0.39, 0.29) is 5.56 Å². The van der Waals surface area contributed by atoms with Gasteiger partial charge in [0.05, 0.1) is 5.56 Å². The van der Waals surface area contributed by atoms with Gasteiger partial charge < -0.3 is 15.1 Å². The average molecular weight is 191 g/mol. The van der Waals surface area contributed by atoms with Gasteiger partial charge in [0, 0.05) is 12.4 Å². The van der Waals surface area contributed by atoms with Crippen molar-refractivity contribution < 1.29 is 9.90 Å². The Bertz CT molecular complexity index is 343. The summed E-state index contributed by atoms with van der Waals surface area (Å²) < 4.78 is 0. The minimum absolute atomic E-state index is 0.109. The van der Waals surface area contributed by atoms with Crippen LogP contribution in [0, 0.1) is 0 Å². The van der Waals surface area contributed by atoms with Crippen molar-refractivity contribution in [2.24, 2.45) is 0 Å². The molecule has 0 fully saturated rings. The molecule has 0 saturated carbocycles. The number of carboxylic acid groups (broad SMARTS) is 1. The van der Waals surface area contributed by atoms with Gasteiger partial charge in [0.25, 0.3) is 0 Å². The molecule has 0 aliphatic rings. The molecule has 0 aliphatic heterocycles. The van der Waals surface area contributed by atoms with E-state index in [0.29, 0.717) is 0 Å². The number of hydrogen-bond donors (Lipinski definition) is 1. The molecule has 0 unspecified atom stereocenters. The van der Waals surface area contributed by atoms with E-state index in [2.05, 4.69) is 19.9 Å². The SMILES string of the molecule is O=C(O)c1cncnc1.c1c[n-]cn1. The fraction of sp³-hybridized carbons (Fsp3) is 0. The van der Waals surface area contributed by atoms with Gasteiger partial charge in [0.15, 0.2) is 0 Å². The van der Waals surface area contributed by atoms with Crippen molar-refractivity contribution in [3.8, 4) is 0 Å². The van der Waals surface area contributed by atoms with Crippen LogP contribution in [-0.4, -0.2) is 26.0 Å². The molecule has 0 amide bonds. The summed E-state index contributed by atoms with van der Waals surface area (Å²) in [6, 6.07) is 0. The van der Waals surface area contributed by atoms with Crippen LogP contribution in [0.3, 0.4) is 0 Å².